The second kappa shape index (κ2) is 9.02. The van der Waals surface area contributed by atoms with Gasteiger partial charge in [-0.2, -0.15) is 0 Å². The number of phenolic OH excluding ortho intramolecular Hbond substituents is 1. The van der Waals surface area contributed by atoms with E-state index in [1.807, 2.05) is 16.7 Å². The maximum Gasteiger partial charge on any atom is 0.524 e. The van der Waals surface area contributed by atoms with Gasteiger partial charge in [0.05, 0.1) is 17.6 Å². The Hall–Kier alpha value is -3.13. The predicted molar refractivity (Wildman–Crippen MR) is 127 cm³/mol. The Morgan fingerprint density at radius 2 is 1.94 bits per heavy atom. The summed E-state index contributed by atoms with van der Waals surface area (Å²) in [6, 6.07) is 10.6. The number of imidazole rings is 1. The number of hydrogen-bond donors (Lipinski definition) is 4. The van der Waals surface area contributed by atoms with E-state index >= 15 is 0 Å². The van der Waals surface area contributed by atoms with Crippen LogP contribution in [0.1, 0.15) is 43.6 Å². The number of aryl methyl sites for hydroxylation is 2. The number of hydrogen-bond acceptors (Lipinski definition) is 6. The van der Waals surface area contributed by atoms with Crippen LogP contribution in [0.3, 0.4) is 0 Å². The number of pyridine rings is 1. The molecule has 0 saturated heterocycles. The second-order valence-electron chi connectivity index (χ2n) is 7.96. The second-order valence-corrected chi connectivity index (χ2v) is 9.13. The molecule has 0 aliphatic carbocycles. The minimum atomic E-state index is -4.82. The van der Waals surface area contributed by atoms with Gasteiger partial charge in [-0.05, 0) is 30.5 Å². The highest BCUT2D eigenvalue weighted by atomic mass is 31.2. The molecule has 2 aromatic heterocycles. The highest BCUT2D eigenvalue weighted by molar-refractivity contribution is 7.46. The van der Waals surface area contributed by atoms with E-state index in [0.717, 1.165) is 47.1 Å². The van der Waals surface area contributed by atoms with Crippen molar-refractivity contribution in [3.05, 3.63) is 53.3 Å². The lowest BCUT2D eigenvalue weighted by Gasteiger charge is -2.15. The summed E-state index contributed by atoms with van der Waals surface area (Å²) in [6.45, 7) is 4.39. The molecule has 0 unspecified atom stereocenters. The van der Waals surface area contributed by atoms with Crippen LogP contribution in [0.5, 0.6) is 11.5 Å². The average molecular weight is 470 g/mol. The number of nitrogens with two attached hydrogens (primary N) is 1. The van der Waals surface area contributed by atoms with Gasteiger partial charge < -0.3 is 19.9 Å². The number of anilines is 1. The van der Waals surface area contributed by atoms with Crippen LogP contribution < -0.4 is 10.3 Å². The van der Waals surface area contributed by atoms with Gasteiger partial charge in [-0.1, -0.05) is 44.5 Å². The smallest absolute Gasteiger partial charge is 0.504 e. The van der Waals surface area contributed by atoms with Crippen molar-refractivity contribution in [1.82, 2.24) is 14.5 Å². The SMILES string of the molecule is CCCCc1nc2c(N)nc3cc(CC)ccc3c2n1Cc1cccc(OP(=O)(O)O)c1O. The minimum absolute atomic E-state index is 0.216. The minimum Gasteiger partial charge on any atom is -0.504 e. The van der Waals surface area contributed by atoms with E-state index in [0.29, 0.717) is 23.3 Å². The molecule has 0 atom stereocenters. The molecule has 0 aliphatic rings. The van der Waals surface area contributed by atoms with Gasteiger partial charge in [0.2, 0.25) is 0 Å². The topological polar surface area (TPSA) is 144 Å². The van der Waals surface area contributed by atoms with Gasteiger partial charge >= 0.3 is 7.82 Å². The van der Waals surface area contributed by atoms with Crippen molar-refractivity contribution < 1.29 is 24.0 Å². The van der Waals surface area contributed by atoms with Crippen molar-refractivity contribution in [2.45, 2.75) is 46.1 Å². The predicted octanol–water partition coefficient (Wildman–Crippen LogP) is 4.30. The number of nitrogen functional groups attached to an aromatic ring is 1. The van der Waals surface area contributed by atoms with E-state index in [9.17, 15) is 9.67 Å². The number of para-hydroxylation sites is 1. The Kier molecular flexibility index (Phi) is 6.30. The zero-order valence-electron chi connectivity index (χ0n) is 18.5. The Balaban J connectivity index is 1.92. The maximum atomic E-state index is 11.3. The maximum absolute atomic E-state index is 11.3. The van der Waals surface area contributed by atoms with E-state index in [2.05, 4.69) is 29.4 Å². The first-order valence-electron chi connectivity index (χ1n) is 10.8. The molecule has 5 N–H and O–H groups in total. The number of phosphoric ester groups is 1. The number of nitrogens with zero attached hydrogens (tertiary/aromatic N) is 3. The first kappa shape index (κ1) is 23.0. The molecular weight excluding hydrogens is 443 g/mol. The highest BCUT2D eigenvalue weighted by Crippen LogP contribution is 2.43. The van der Waals surface area contributed by atoms with Gasteiger partial charge in [0.1, 0.15) is 11.3 Å². The van der Waals surface area contributed by atoms with Crippen molar-refractivity contribution in [2.75, 3.05) is 5.73 Å². The molecule has 2 aromatic carbocycles. The molecule has 2 heterocycles. The molecule has 9 nitrogen and oxygen atoms in total. The number of phenols is 1. The first-order chi connectivity index (χ1) is 15.7. The molecule has 0 saturated carbocycles. The summed E-state index contributed by atoms with van der Waals surface area (Å²) in [5, 5.41) is 11.6. The Bertz CT molecular complexity index is 1380. The summed E-state index contributed by atoms with van der Waals surface area (Å²) >= 11 is 0. The van der Waals surface area contributed by atoms with Crippen LogP contribution in [0.4, 0.5) is 5.82 Å². The van der Waals surface area contributed by atoms with E-state index in [1.54, 1.807) is 12.1 Å². The molecule has 10 heteroatoms. The zero-order valence-corrected chi connectivity index (χ0v) is 19.4. The molecule has 0 radical (unpaired) electrons. The summed E-state index contributed by atoms with van der Waals surface area (Å²) in [4.78, 5) is 27.7. The lowest BCUT2D eigenvalue weighted by molar-refractivity contribution is 0.277. The molecule has 0 amide bonds. The molecule has 4 rings (SSSR count). The van der Waals surface area contributed by atoms with Gasteiger partial charge in [0.25, 0.3) is 0 Å². The Morgan fingerprint density at radius 3 is 2.64 bits per heavy atom. The average Bonchev–Trinajstić information content (AvgIpc) is 3.12. The molecule has 0 aliphatic heterocycles. The van der Waals surface area contributed by atoms with Gasteiger partial charge in [-0.25, -0.2) is 14.5 Å². The lowest BCUT2D eigenvalue weighted by atomic mass is 10.1. The number of aromatic hydroxyl groups is 1. The van der Waals surface area contributed by atoms with Crippen LogP contribution in [-0.2, 0) is 24.0 Å². The molecule has 0 bridgehead atoms. The number of phosphoric acid groups is 1. The van der Waals surface area contributed by atoms with Crippen LogP contribution in [0.25, 0.3) is 21.9 Å². The normalized spacial score (nSPS) is 12.0. The fourth-order valence-corrected chi connectivity index (χ4v) is 4.39. The Labute approximate surface area is 191 Å². The molecule has 174 valence electrons. The fourth-order valence-electron chi connectivity index (χ4n) is 3.99. The van der Waals surface area contributed by atoms with E-state index in [-0.39, 0.29) is 18.0 Å². The van der Waals surface area contributed by atoms with E-state index < -0.39 is 7.82 Å². The van der Waals surface area contributed by atoms with Crippen LogP contribution in [0.2, 0.25) is 0 Å². The third-order valence-electron chi connectivity index (χ3n) is 5.64. The van der Waals surface area contributed by atoms with Crippen molar-refractivity contribution in [3.63, 3.8) is 0 Å². The van der Waals surface area contributed by atoms with Gasteiger partial charge in [-0.3, -0.25) is 9.79 Å². The molecule has 0 fully saturated rings. The van der Waals surface area contributed by atoms with Gasteiger partial charge in [0, 0.05) is 17.4 Å². The van der Waals surface area contributed by atoms with Crippen molar-refractivity contribution >= 4 is 35.6 Å². The summed E-state index contributed by atoms with van der Waals surface area (Å²) in [6.07, 6.45) is 3.48. The molecule has 4 aromatic rings. The Morgan fingerprint density at radius 1 is 1.15 bits per heavy atom. The number of aromatic nitrogens is 3. The van der Waals surface area contributed by atoms with Crippen LogP contribution in [0.15, 0.2) is 36.4 Å². The van der Waals surface area contributed by atoms with Crippen molar-refractivity contribution in [3.8, 4) is 11.5 Å². The summed E-state index contributed by atoms with van der Waals surface area (Å²) in [5.74, 6) is 0.529. The number of unbranched alkanes of at least 4 members (excludes halogenated alkanes) is 1. The summed E-state index contributed by atoms with van der Waals surface area (Å²) in [5.41, 5.74) is 10.1. The highest BCUT2D eigenvalue weighted by Gasteiger charge is 2.22. The molecule has 0 spiro atoms. The standard InChI is InChI=1S/C23H27N4O5P/c1-3-5-9-19-26-20-21(16-11-10-14(4-2)12-17(16)25-23(20)24)27(19)13-15-7-6-8-18(22(15)28)32-33(29,30)31/h6-8,10-12,28H,3-5,9,13H2,1-2H3,(H2,24,25)(H2,29,30,31). The van der Waals surface area contributed by atoms with Crippen molar-refractivity contribution in [2.24, 2.45) is 0 Å². The van der Waals surface area contributed by atoms with Crippen LogP contribution in [-0.4, -0.2) is 29.4 Å². The monoisotopic (exact) mass is 470 g/mol. The van der Waals surface area contributed by atoms with Crippen LogP contribution in [0, 0.1) is 0 Å². The summed E-state index contributed by atoms with van der Waals surface area (Å²) < 4.78 is 17.9. The van der Waals surface area contributed by atoms with E-state index in [4.69, 9.17) is 20.5 Å². The molecule has 33 heavy (non-hydrogen) atoms. The van der Waals surface area contributed by atoms with Crippen LogP contribution >= 0.6 is 7.82 Å². The summed E-state index contributed by atoms with van der Waals surface area (Å²) in [7, 11) is -4.82. The third kappa shape index (κ3) is 4.66. The largest absolute Gasteiger partial charge is 0.524 e. The number of benzene rings is 2. The number of fused-ring (bicyclic) bond motifs is 3. The fraction of sp³-hybridized carbons (Fsp3) is 0.304. The van der Waals surface area contributed by atoms with Gasteiger partial charge in [-0.15, -0.1) is 0 Å². The van der Waals surface area contributed by atoms with Crippen molar-refractivity contribution in [1.29, 1.82) is 0 Å². The lowest BCUT2D eigenvalue weighted by Crippen LogP contribution is -2.07. The molecular formula is C23H27N4O5P. The first-order valence-corrected chi connectivity index (χ1v) is 12.4. The van der Waals surface area contributed by atoms with E-state index in [1.165, 1.54) is 6.07 Å². The third-order valence-corrected chi connectivity index (χ3v) is 6.07. The number of rotatable bonds is 8. The van der Waals surface area contributed by atoms with Gasteiger partial charge in [0.15, 0.2) is 17.3 Å². The quantitative estimate of drug-likeness (QED) is 0.279. The zero-order chi connectivity index (χ0) is 23.8.